The Bertz CT molecular complexity index is 651. The van der Waals surface area contributed by atoms with E-state index in [0.717, 1.165) is 0 Å². The van der Waals surface area contributed by atoms with Crippen LogP contribution in [0.4, 0.5) is 0 Å². The van der Waals surface area contributed by atoms with Crippen LogP contribution in [0.2, 0.25) is 0 Å². The van der Waals surface area contributed by atoms with Crippen molar-refractivity contribution in [3.8, 4) is 11.5 Å². The summed E-state index contributed by atoms with van der Waals surface area (Å²) in [5, 5.41) is 16.5. The summed E-state index contributed by atoms with van der Waals surface area (Å²) in [7, 11) is 0. The van der Waals surface area contributed by atoms with Crippen molar-refractivity contribution in [2.45, 2.75) is 18.9 Å². The minimum atomic E-state index is -0.955. The molecule has 1 amide bonds. The third-order valence-corrected chi connectivity index (χ3v) is 3.54. The number of hydrogen-bond acceptors (Lipinski definition) is 5. The molecule has 3 rings (SSSR count). The summed E-state index contributed by atoms with van der Waals surface area (Å²) in [4.78, 5) is 24.9. The van der Waals surface area contributed by atoms with E-state index in [9.17, 15) is 9.59 Å². The molecule has 0 spiro atoms. The molecule has 0 radical (unpaired) electrons. The first-order valence-corrected chi connectivity index (χ1v) is 6.57. The number of hydrogen-bond donors (Lipinski definition) is 1. The standard InChI is InChI=1S/C14H13N3O4/c18-13(17-7-1-2-11(17)14(19)20)10-5-3-9(4-6-10)12-16-15-8-21-12/h3-6,8,11H,1-2,7H2,(H,19,20). The summed E-state index contributed by atoms with van der Waals surface area (Å²) in [6.07, 6.45) is 2.44. The zero-order valence-corrected chi connectivity index (χ0v) is 11.1. The second-order valence-electron chi connectivity index (χ2n) is 4.82. The van der Waals surface area contributed by atoms with Gasteiger partial charge in [-0.3, -0.25) is 4.79 Å². The maximum atomic E-state index is 12.4. The highest BCUT2D eigenvalue weighted by atomic mass is 16.4. The Balaban J connectivity index is 1.80. The van der Waals surface area contributed by atoms with Crippen LogP contribution in [0.1, 0.15) is 23.2 Å². The predicted octanol–water partition coefficient (Wildman–Crippen LogP) is 1.43. The molecular weight excluding hydrogens is 274 g/mol. The molecule has 1 fully saturated rings. The summed E-state index contributed by atoms with van der Waals surface area (Å²) < 4.78 is 5.07. The smallest absolute Gasteiger partial charge is 0.326 e. The molecule has 0 saturated carbocycles. The molecular formula is C14H13N3O4. The molecule has 1 unspecified atom stereocenters. The molecule has 21 heavy (non-hydrogen) atoms. The van der Waals surface area contributed by atoms with E-state index in [4.69, 9.17) is 9.52 Å². The fourth-order valence-electron chi connectivity index (χ4n) is 2.49. The number of likely N-dealkylation sites (tertiary alicyclic amines) is 1. The van der Waals surface area contributed by atoms with E-state index in [1.165, 1.54) is 11.3 Å². The van der Waals surface area contributed by atoms with E-state index in [1.807, 2.05) is 0 Å². The lowest BCUT2D eigenvalue weighted by molar-refractivity contribution is -0.141. The van der Waals surface area contributed by atoms with Gasteiger partial charge in [-0.05, 0) is 37.1 Å². The number of aliphatic carboxylic acids is 1. The Morgan fingerprint density at radius 1 is 1.29 bits per heavy atom. The second kappa shape index (κ2) is 5.35. The van der Waals surface area contributed by atoms with E-state index in [0.29, 0.717) is 36.4 Å². The summed E-state index contributed by atoms with van der Waals surface area (Å²) >= 11 is 0. The molecule has 7 nitrogen and oxygen atoms in total. The lowest BCUT2D eigenvalue weighted by Crippen LogP contribution is -2.40. The molecule has 1 aliphatic heterocycles. The SMILES string of the molecule is O=C(O)C1CCCN1C(=O)c1ccc(-c2nnco2)cc1. The lowest BCUT2D eigenvalue weighted by atomic mass is 10.1. The maximum Gasteiger partial charge on any atom is 0.326 e. The first-order valence-electron chi connectivity index (χ1n) is 6.57. The Morgan fingerprint density at radius 2 is 2.05 bits per heavy atom. The normalized spacial score (nSPS) is 17.9. The number of nitrogens with zero attached hydrogens (tertiary/aromatic N) is 3. The van der Waals surface area contributed by atoms with Gasteiger partial charge in [0.2, 0.25) is 12.3 Å². The third-order valence-electron chi connectivity index (χ3n) is 3.54. The zero-order chi connectivity index (χ0) is 14.8. The van der Waals surface area contributed by atoms with Crippen LogP contribution >= 0.6 is 0 Å². The van der Waals surface area contributed by atoms with E-state index in [-0.39, 0.29) is 5.91 Å². The van der Waals surface area contributed by atoms with Gasteiger partial charge in [0.25, 0.3) is 5.91 Å². The number of carboxylic acids is 1. The van der Waals surface area contributed by atoms with Gasteiger partial charge in [0.15, 0.2) is 0 Å². The number of carboxylic acid groups (broad SMARTS) is 1. The molecule has 0 aliphatic carbocycles. The van der Waals surface area contributed by atoms with Crippen LogP contribution in [0.25, 0.3) is 11.5 Å². The quantitative estimate of drug-likeness (QED) is 0.917. The fraction of sp³-hybridized carbons (Fsp3) is 0.286. The Morgan fingerprint density at radius 3 is 2.67 bits per heavy atom. The van der Waals surface area contributed by atoms with Gasteiger partial charge in [-0.25, -0.2) is 4.79 Å². The second-order valence-corrected chi connectivity index (χ2v) is 4.82. The monoisotopic (exact) mass is 287 g/mol. The number of amides is 1. The van der Waals surface area contributed by atoms with Crippen molar-refractivity contribution in [1.82, 2.24) is 15.1 Å². The number of benzene rings is 1. The van der Waals surface area contributed by atoms with E-state index in [2.05, 4.69) is 10.2 Å². The number of rotatable bonds is 3. The van der Waals surface area contributed by atoms with E-state index >= 15 is 0 Å². The van der Waals surface area contributed by atoms with Crippen LogP contribution in [0.5, 0.6) is 0 Å². The maximum absolute atomic E-state index is 12.4. The highest BCUT2D eigenvalue weighted by Gasteiger charge is 2.34. The molecule has 2 aromatic rings. The molecule has 108 valence electrons. The molecule has 1 aromatic heterocycles. The molecule has 1 atom stereocenters. The molecule has 7 heteroatoms. The minimum absolute atomic E-state index is 0.267. The molecule has 1 N–H and O–H groups in total. The predicted molar refractivity (Wildman–Crippen MR) is 71.4 cm³/mol. The van der Waals surface area contributed by atoms with Gasteiger partial charge in [0.05, 0.1) is 0 Å². The molecule has 1 saturated heterocycles. The summed E-state index contributed by atoms with van der Waals surface area (Å²) in [6, 6.07) is 5.95. The first kappa shape index (κ1) is 13.3. The molecule has 0 bridgehead atoms. The van der Waals surface area contributed by atoms with Crippen LogP contribution < -0.4 is 0 Å². The minimum Gasteiger partial charge on any atom is -0.480 e. The largest absolute Gasteiger partial charge is 0.480 e. The molecule has 1 aliphatic rings. The van der Waals surface area contributed by atoms with Crippen LogP contribution in [0.15, 0.2) is 35.1 Å². The van der Waals surface area contributed by atoms with Gasteiger partial charge in [0, 0.05) is 17.7 Å². The topological polar surface area (TPSA) is 96.5 Å². The van der Waals surface area contributed by atoms with Gasteiger partial charge >= 0.3 is 5.97 Å². The van der Waals surface area contributed by atoms with Crippen molar-refractivity contribution in [2.24, 2.45) is 0 Å². The van der Waals surface area contributed by atoms with Crippen molar-refractivity contribution < 1.29 is 19.1 Å². The van der Waals surface area contributed by atoms with Gasteiger partial charge in [-0.15, -0.1) is 10.2 Å². The van der Waals surface area contributed by atoms with Crippen molar-refractivity contribution >= 4 is 11.9 Å². The fourth-order valence-corrected chi connectivity index (χ4v) is 2.49. The Hall–Kier alpha value is -2.70. The third kappa shape index (κ3) is 2.49. The lowest BCUT2D eigenvalue weighted by Gasteiger charge is -2.21. The first-order chi connectivity index (χ1) is 10.2. The summed E-state index contributed by atoms with van der Waals surface area (Å²) in [5.74, 6) is -0.848. The molecule has 1 aromatic carbocycles. The average molecular weight is 287 g/mol. The number of aromatic nitrogens is 2. The summed E-state index contributed by atoms with van der Waals surface area (Å²) in [5.41, 5.74) is 1.16. The number of carbonyl (C=O) groups is 2. The highest BCUT2D eigenvalue weighted by Crippen LogP contribution is 2.22. The van der Waals surface area contributed by atoms with Crippen molar-refractivity contribution in [1.29, 1.82) is 0 Å². The van der Waals surface area contributed by atoms with Crippen LogP contribution in [0.3, 0.4) is 0 Å². The van der Waals surface area contributed by atoms with Crippen molar-refractivity contribution in [3.63, 3.8) is 0 Å². The van der Waals surface area contributed by atoms with Gasteiger partial charge in [-0.2, -0.15) is 0 Å². The van der Waals surface area contributed by atoms with Crippen molar-refractivity contribution in [3.05, 3.63) is 36.2 Å². The van der Waals surface area contributed by atoms with Gasteiger partial charge < -0.3 is 14.4 Å². The van der Waals surface area contributed by atoms with Crippen molar-refractivity contribution in [2.75, 3.05) is 6.54 Å². The highest BCUT2D eigenvalue weighted by molar-refractivity contribution is 5.97. The van der Waals surface area contributed by atoms with Crippen LogP contribution in [-0.4, -0.2) is 44.7 Å². The summed E-state index contributed by atoms with van der Waals surface area (Å²) in [6.45, 7) is 0.473. The Labute approximate surface area is 120 Å². The van der Waals surface area contributed by atoms with Crippen LogP contribution in [0, 0.1) is 0 Å². The van der Waals surface area contributed by atoms with E-state index < -0.39 is 12.0 Å². The zero-order valence-electron chi connectivity index (χ0n) is 11.1. The van der Waals surface area contributed by atoms with E-state index in [1.54, 1.807) is 24.3 Å². The number of carbonyl (C=O) groups excluding carboxylic acids is 1. The van der Waals surface area contributed by atoms with Crippen LogP contribution in [-0.2, 0) is 4.79 Å². The molecule has 2 heterocycles. The Kier molecular flexibility index (Phi) is 3.39. The average Bonchev–Trinajstić information content (AvgIpc) is 3.18. The van der Waals surface area contributed by atoms with Gasteiger partial charge in [-0.1, -0.05) is 0 Å². The van der Waals surface area contributed by atoms with Gasteiger partial charge in [0.1, 0.15) is 6.04 Å².